The molecule has 24 nitrogen and oxygen atoms in total. The number of esters is 4. The van der Waals surface area contributed by atoms with Gasteiger partial charge in [-0.1, -0.05) is 37.1 Å². The number of hydrogen-bond acceptors (Lipinski definition) is 20. The van der Waals surface area contributed by atoms with Crippen molar-refractivity contribution < 1.29 is 87.2 Å². The first-order valence-corrected chi connectivity index (χ1v) is 20.3. The second-order valence-corrected chi connectivity index (χ2v) is 15.3. The number of aliphatic hydroxyl groups is 2. The van der Waals surface area contributed by atoms with Gasteiger partial charge in [-0.25, -0.2) is 9.59 Å². The number of carbonyl (C=O) groups excluding carboxylic acids is 6. The first-order chi connectivity index (χ1) is 30.7. The molecule has 2 amide bonds. The number of carbonyl (C=O) groups is 6. The molecule has 0 spiro atoms. The fraction of sp³-hybridized carbons (Fsp3) is 0.561. The number of hydrogen-bond donors (Lipinski definition) is 4. The van der Waals surface area contributed by atoms with E-state index in [2.05, 4.69) is 20.3 Å². The van der Waals surface area contributed by atoms with Crippen molar-refractivity contribution in [3.8, 4) is 11.5 Å². The highest BCUT2D eigenvalue weighted by Gasteiger charge is 2.38. The highest BCUT2D eigenvalue weighted by Crippen LogP contribution is 2.24. The summed E-state index contributed by atoms with van der Waals surface area (Å²) in [7, 11) is 0. The normalized spacial score (nSPS) is 13.6. The summed E-state index contributed by atoms with van der Waals surface area (Å²) in [5.41, 5.74) is -2.08. The van der Waals surface area contributed by atoms with Gasteiger partial charge in [0, 0.05) is 12.8 Å². The van der Waals surface area contributed by atoms with Crippen molar-refractivity contribution in [2.45, 2.75) is 95.9 Å². The summed E-state index contributed by atoms with van der Waals surface area (Å²) in [6, 6.07) is 11.9. The highest BCUT2D eigenvalue weighted by molar-refractivity contribution is 5.95. The average Bonchev–Trinajstić information content (AvgIpc) is 3.26. The summed E-state index contributed by atoms with van der Waals surface area (Å²) in [5, 5.41) is 41.8. The van der Waals surface area contributed by atoms with Crippen molar-refractivity contribution in [2.24, 2.45) is 0 Å². The Morgan fingerprint density at radius 1 is 0.677 bits per heavy atom. The fourth-order valence-corrected chi connectivity index (χ4v) is 5.28. The minimum absolute atomic E-state index is 0.000303. The van der Waals surface area contributed by atoms with Crippen molar-refractivity contribution in [1.29, 1.82) is 0 Å². The number of amides is 2. The molecule has 1 aliphatic rings. The Labute approximate surface area is 373 Å². The average molecular weight is 925 g/mol. The monoisotopic (exact) mass is 924 g/mol. The van der Waals surface area contributed by atoms with Gasteiger partial charge in [-0.3, -0.25) is 19.2 Å². The third-order valence-corrected chi connectivity index (χ3v) is 8.83. The smallest absolute Gasteiger partial charge is 0.342 e. The van der Waals surface area contributed by atoms with Gasteiger partial charge in [-0.15, -0.1) is 20.2 Å². The van der Waals surface area contributed by atoms with Crippen molar-refractivity contribution in [3.63, 3.8) is 0 Å². The van der Waals surface area contributed by atoms with Crippen molar-refractivity contribution in [2.75, 3.05) is 52.9 Å². The van der Waals surface area contributed by atoms with Gasteiger partial charge in [0.15, 0.2) is 19.0 Å². The van der Waals surface area contributed by atoms with Gasteiger partial charge in [0.1, 0.15) is 22.6 Å². The van der Waals surface area contributed by atoms with E-state index in [9.17, 15) is 59.2 Å². The lowest BCUT2D eigenvalue weighted by Gasteiger charge is -2.41. The minimum atomic E-state index is -1.26. The van der Waals surface area contributed by atoms with Crippen LogP contribution in [0, 0.1) is 20.2 Å². The second-order valence-electron chi connectivity index (χ2n) is 15.3. The number of unbranched alkanes of at least 4 members (excludes halogenated alkanes) is 4. The van der Waals surface area contributed by atoms with Crippen LogP contribution in [0.1, 0.15) is 99.8 Å². The number of nitrogens with zero attached hydrogens (tertiary/aromatic N) is 2. The standard InChI is InChI=1S/C22H30N2O10.C19H26N2O10/c1-21(2)31-14-22(3,15-32-21)23-18(25)13-30-20(27)16-9-6-7-10-17(16)34-19(26)11-5-4-8-12-33-24(28)29;1-19(12-22,13-23)20-16(24)11-29-18(26)14-7-4-5-8-15(14)31-17(25)9-3-2-6-10-30-21(27)28/h6-7,9-10H,4-5,8,11-15H2,1-3H3,(H,23,25);4-5,7-8,22-23H,2-3,6,9-13H2,1H3,(H,20,24). The Kier molecular flexibility index (Phi) is 23.2. The van der Waals surface area contributed by atoms with Crippen LogP contribution in [-0.2, 0) is 47.8 Å². The lowest BCUT2D eigenvalue weighted by atomic mass is 10.0. The Hall–Kier alpha value is -6.50. The van der Waals surface area contributed by atoms with Crippen molar-refractivity contribution >= 4 is 35.7 Å². The molecule has 0 atom stereocenters. The van der Waals surface area contributed by atoms with Crippen LogP contribution in [0.15, 0.2) is 48.5 Å². The lowest BCUT2D eigenvalue weighted by molar-refractivity contribution is -0.757. The predicted molar refractivity (Wildman–Crippen MR) is 221 cm³/mol. The number of benzene rings is 2. The molecule has 0 bridgehead atoms. The van der Waals surface area contributed by atoms with E-state index in [0.717, 1.165) is 0 Å². The van der Waals surface area contributed by atoms with Gasteiger partial charge in [0.25, 0.3) is 22.0 Å². The molecule has 360 valence electrons. The number of aliphatic hydroxyl groups excluding tert-OH is 2. The molecule has 65 heavy (non-hydrogen) atoms. The zero-order valence-corrected chi connectivity index (χ0v) is 36.6. The number of ether oxygens (including phenoxy) is 6. The SMILES string of the molecule is CC(CO)(CO)NC(=O)COC(=O)c1ccccc1OC(=O)CCCCCO[N+](=O)[O-].CC1(NC(=O)COC(=O)c2ccccc2OC(=O)CCCCCO[N+](=O)[O-])COC(C)(C)OC1. The Bertz CT molecular complexity index is 1910. The molecule has 1 fully saturated rings. The number of nitrogens with one attached hydrogen (secondary N) is 2. The zero-order valence-electron chi connectivity index (χ0n) is 36.6. The van der Waals surface area contributed by atoms with Gasteiger partial charge in [0.05, 0.1) is 50.7 Å². The van der Waals surface area contributed by atoms with E-state index in [4.69, 9.17) is 28.4 Å². The van der Waals surface area contributed by atoms with Crippen LogP contribution < -0.4 is 20.1 Å². The summed E-state index contributed by atoms with van der Waals surface area (Å²) in [5.74, 6) is -4.90. The molecule has 0 aromatic heterocycles. The molecular weight excluding hydrogens is 868 g/mol. The lowest BCUT2D eigenvalue weighted by Crippen LogP contribution is -2.59. The Morgan fingerprint density at radius 2 is 1.09 bits per heavy atom. The quantitative estimate of drug-likeness (QED) is 0.0346. The maximum absolute atomic E-state index is 12.5. The van der Waals surface area contributed by atoms with Crippen LogP contribution in [0.2, 0.25) is 0 Å². The topological polar surface area (TPSA) is 327 Å². The molecule has 2 aromatic carbocycles. The first-order valence-electron chi connectivity index (χ1n) is 20.3. The largest absolute Gasteiger partial charge is 0.452 e. The highest BCUT2D eigenvalue weighted by atomic mass is 17.0. The van der Waals surface area contributed by atoms with E-state index in [0.29, 0.717) is 38.5 Å². The van der Waals surface area contributed by atoms with Crippen molar-refractivity contribution in [1.82, 2.24) is 10.6 Å². The van der Waals surface area contributed by atoms with Crippen molar-refractivity contribution in [3.05, 3.63) is 79.9 Å². The molecule has 1 aliphatic heterocycles. The molecule has 2 aromatic rings. The van der Waals surface area contributed by atoms with E-state index >= 15 is 0 Å². The van der Waals surface area contributed by atoms with Gasteiger partial charge in [0.2, 0.25) is 0 Å². The molecule has 4 N–H and O–H groups in total. The molecule has 0 unspecified atom stereocenters. The van der Waals surface area contributed by atoms with Gasteiger partial charge >= 0.3 is 23.9 Å². The van der Waals surface area contributed by atoms with E-state index in [-0.39, 0.29) is 61.9 Å². The molecular formula is C41H56N4O20. The number of para-hydroxylation sites is 2. The summed E-state index contributed by atoms with van der Waals surface area (Å²) in [6.07, 6.45) is 2.84. The van der Waals surface area contributed by atoms with E-state index < -0.39 is 89.2 Å². The van der Waals surface area contributed by atoms with E-state index in [1.54, 1.807) is 39.0 Å². The third kappa shape index (κ3) is 22.1. The van der Waals surface area contributed by atoms with Crippen LogP contribution in [0.3, 0.4) is 0 Å². The Morgan fingerprint density at radius 3 is 1.51 bits per heavy atom. The van der Waals surface area contributed by atoms with Crippen LogP contribution >= 0.6 is 0 Å². The fourth-order valence-electron chi connectivity index (χ4n) is 5.28. The molecule has 24 heteroatoms. The summed E-state index contributed by atoms with van der Waals surface area (Å²) < 4.78 is 31.6. The first kappa shape index (κ1) is 54.6. The molecule has 1 saturated heterocycles. The van der Waals surface area contributed by atoms with E-state index in [1.165, 1.54) is 37.3 Å². The van der Waals surface area contributed by atoms with Gasteiger partial charge in [-0.2, -0.15) is 0 Å². The van der Waals surface area contributed by atoms with Gasteiger partial charge in [-0.05, 0) is 77.6 Å². The molecule has 0 saturated carbocycles. The number of rotatable bonds is 26. The van der Waals surface area contributed by atoms with Crippen LogP contribution in [0.25, 0.3) is 0 Å². The van der Waals surface area contributed by atoms with Crippen LogP contribution in [0.5, 0.6) is 11.5 Å². The summed E-state index contributed by atoms with van der Waals surface area (Å²) in [6.45, 7) is 4.88. The maximum atomic E-state index is 12.5. The summed E-state index contributed by atoms with van der Waals surface area (Å²) >= 11 is 0. The molecule has 0 aliphatic carbocycles. The molecule has 3 rings (SSSR count). The van der Waals surface area contributed by atoms with Crippen LogP contribution in [-0.4, -0.2) is 126 Å². The molecule has 0 radical (unpaired) electrons. The summed E-state index contributed by atoms with van der Waals surface area (Å²) in [4.78, 5) is 101. The zero-order chi connectivity index (χ0) is 48.5. The second kappa shape index (κ2) is 27.6. The van der Waals surface area contributed by atoms with Crippen LogP contribution in [0.4, 0.5) is 0 Å². The van der Waals surface area contributed by atoms with E-state index in [1.807, 2.05) is 0 Å². The third-order valence-electron chi connectivity index (χ3n) is 8.83. The molecule has 1 heterocycles. The Balaban J connectivity index is 0.000000449. The minimum Gasteiger partial charge on any atom is -0.452 e. The maximum Gasteiger partial charge on any atom is 0.342 e. The predicted octanol–water partition coefficient (Wildman–Crippen LogP) is 2.55. The van der Waals surface area contributed by atoms with Gasteiger partial charge < -0.3 is 58.9 Å².